The molecule has 0 aliphatic carbocycles. The van der Waals surface area contributed by atoms with E-state index in [9.17, 15) is 14.4 Å². The summed E-state index contributed by atoms with van der Waals surface area (Å²) in [7, 11) is 0. The highest BCUT2D eigenvalue weighted by molar-refractivity contribution is 7.12. The first kappa shape index (κ1) is 20.6. The third-order valence-electron chi connectivity index (χ3n) is 3.95. The molecule has 3 N–H and O–H groups in total. The molecular weight excluding hydrogens is 410 g/mol. The predicted molar refractivity (Wildman–Crippen MR) is 117 cm³/mol. The second kappa shape index (κ2) is 9.36. The van der Waals surface area contributed by atoms with Gasteiger partial charge in [-0.2, -0.15) is 0 Å². The van der Waals surface area contributed by atoms with Crippen molar-refractivity contribution in [2.45, 2.75) is 13.3 Å². The van der Waals surface area contributed by atoms with Crippen molar-refractivity contribution in [3.05, 3.63) is 75.4 Å². The lowest BCUT2D eigenvalue weighted by molar-refractivity contribution is -0.115. The molecular formula is C21H18ClN3O3S. The van der Waals surface area contributed by atoms with E-state index in [-0.39, 0.29) is 17.7 Å². The Balaban J connectivity index is 1.74. The first-order valence-electron chi connectivity index (χ1n) is 8.82. The molecule has 3 aromatic rings. The highest BCUT2D eigenvalue weighted by Gasteiger charge is 2.13. The lowest BCUT2D eigenvalue weighted by Gasteiger charge is -2.11. The van der Waals surface area contributed by atoms with E-state index >= 15 is 0 Å². The Kier molecular flexibility index (Phi) is 6.64. The summed E-state index contributed by atoms with van der Waals surface area (Å²) in [5, 5.41) is 10.4. The summed E-state index contributed by atoms with van der Waals surface area (Å²) in [6.07, 6.45) is 0.362. The SMILES string of the molecule is CCC(=O)Nc1cccc(NC(=O)c2ccc(Cl)c(NC(=O)c3cccs3)c2)c1. The molecule has 0 aliphatic rings. The largest absolute Gasteiger partial charge is 0.326 e. The van der Waals surface area contributed by atoms with Crippen molar-refractivity contribution >= 4 is 57.7 Å². The Labute approximate surface area is 176 Å². The van der Waals surface area contributed by atoms with E-state index in [0.717, 1.165) is 0 Å². The number of hydrogen-bond donors (Lipinski definition) is 3. The van der Waals surface area contributed by atoms with E-state index in [1.165, 1.54) is 17.4 Å². The molecule has 0 bridgehead atoms. The minimum Gasteiger partial charge on any atom is -0.326 e. The number of anilines is 3. The van der Waals surface area contributed by atoms with Gasteiger partial charge in [-0.1, -0.05) is 30.7 Å². The number of rotatable bonds is 6. The van der Waals surface area contributed by atoms with Crippen molar-refractivity contribution < 1.29 is 14.4 Å². The molecule has 1 heterocycles. The molecule has 0 unspecified atom stereocenters. The van der Waals surface area contributed by atoms with Gasteiger partial charge in [0.2, 0.25) is 5.91 Å². The van der Waals surface area contributed by atoms with Crippen molar-refractivity contribution in [3.8, 4) is 0 Å². The van der Waals surface area contributed by atoms with Crippen LogP contribution in [0.1, 0.15) is 33.4 Å². The smallest absolute Gasteiger partial charge is 0.265 e. The normalized spacial score (nSPS) is 10.3. The maximum Gasteiger partial charge on any atom is 0.265 e. The van der Waals surface area contributed by atoms with Gasteiger partial charge in [-0.3, -0.25) is 14.4 Å². The number of halogens is 1. The number of nitrogens with one attached hydrogen (secondary N) is 3. The molecule has 0 fully saturated rings. The zero-order valence-electron chi connectivity index (χ0n) is 15.5. The molecule has 148 valence electrons. The average molecular weight is 428 g/mol. The van der Waals surface area contributed by atoms with Crippen LogP contribution in [0.4, 0.5) is 17.1 Å². The van der Waals surface area contributed by atoms with Crippen molar-refractivity contribution in [1.82, 2.24) is 0 Å². The van der Waals surface area contributed by atoms with Crippen LogP contribution in [0.25, 0.3) is 0 Å². The van der Waals surface area contributed by atoms with Gasteiger partial charge < -0.3 is 16.0 Å². The lowest BCUT2D eigenvalue weighted by Crippen LogP contribution is -2.15. The van der Waals surface area contributed by atoms with E-state index in [1.54, 1.807) is 60.8 Å². The first-order chi connectivity index (χ1) is 14.0. The van der Waals surface area contributed by atoms with Gasteiger partial charge in [-0.25, -0.2) is 0 Å². The standard InChI is InChI=1S/C21H18ClN3O3S/c1-2-19(26)23-14-5-3-6-15(12-14)24-20(27)13-8-9-16(22)17(11-13)25-21(28)18-7-4-10-29-18/h3-12H,2H2,1H3,(H,23,26)(H,24,27)(H,25,28). The Morgan fingerprint density at radius 3 is 2.34 bits per heavy atom. The van der Waals surface area contributed by atoms with Gasteiger partial charge in [-0.05, 0) is 47.8 Å². The molecule has 0 radical (unpaired) electrons. The minimum absolute atomic E-state index is 0.114. The fourth-order valence-electron chi connectivity index (χ4n) is 2.48. The van der Waals surface area contributed by atoms with Crippen LogP contribution in [0.3, 0.4) is 0 Å². The molecule has 6 nitrogen and oxygen atoms in total. The Morgan fingerprint density at radius 1 is 0.897 bits per heavy atom. The minimum atomic E-state index is -0.368. The van der Waals surface area contributed by atoms with E-state index in [0.29, 0.717) is 38.9 Å². The summed E-state index contributed by atoms with van der Waals surface area (Å²) in [6, 6.07) is 15.0. The first-order valence-corrected chi connectivity index (χ1v) is 10.1. The average Bonchev–Trinajstić information content (AvgIpc) is 3.24. The Bertz CT molecular complexity index is 1050. The number of hydrogen-bond acceptors (Lipinski definition) is 4. The van der Waals surface area contributed by atoms with Crippen molar-refractivity contribution in [3.63, 3.8) is 0 Å². The maximum atomic E-state index is 12.6. The van der Waals surface area contributed by atoms with Crippen molar-refractivity contribution in [2.75, 3.05) is 16.0 Å². The number of thiophene rings is 1. The number of carbonyl (C=O) groups excluding carboxylic acids is 3. The molecule has 0 aliphatic heterocycles. The second-order valence-electron chi connectivity index (χ2n) is 6.06. The van der Waals surface area contributed by atoms with E-state index in [4.69, 9.17) is 11.6 Å². The summed E-state index contributed by atoms with van der Waals surface area (Å²) < 4.78 is 0. The third-order valence-corrected chi connectivity index (χ3v) is 5.15. The van der Waals surface area contributed by atoms with E-state index in [1.807, 2.05) is 0 Å². The number of amides is 3. The number of benzene rings is 2. The van der Waals surface area contributed by atoms with Crippen LogP contribution in [0, 0.1) is 0 Å². The summed E-state index contributed by atoms with van der Waals surface area (Å²) >= 11 is 7.48. The summed E-state index contributed by atoms with van der Waals surface area (Å²) in [6.45, 7) is 1.76. The molecule has 29 heavy (non-hydrogen) atoms. The van der Waals surface area contributed by atoms with Gasteiger partial charge in [0.1, 0.15) is 0 Å². The fourth-order valence-corrected chi connectivity index (χ4v) is 3.27. The van der Waals surface area contributed by atoms with Gasteiger partial charge in [0, 0.05) is 23.4 Å². The Morgan fingerprint density at radius 2 is 1.66 bits per heavy atom. The molecule has 3 rings (SSSR count). The second-order valence-corrected chi connectivity index (χ2v) is 7.42. The Hall–Kier alpha value is -3.16. The predicted octanol–water partition coefficient (Wildman–Crippen LogP) is 5.25. The molecule has 1 aromatic heterocycles. The van der Waals surface area contributed by atoms with Crippen LogP contribution in [0.5, 0.6) is 0 Å². The molecule has 0 saturated heterocycles. The van der Waals surface area contributed by atoms with Gasteiger partial charge in [0.05, 0.1) is 15.6 Å². The van der Waals surface area contributed by atoms with Gasteiger partial charge in [0.25, 0.3) is 11.8 Å². The van der Waals surface area contributed by atoms with Crippen LogP contribution in [-0.4, -0.2) is 17.7 Å². The molecule has 0 atom stereocenters. The van der Waals surface area contributed by atoms with Crippen molar-refractivity contribution in [2.24, 2.45) is 0 Å². The van der Waals surface area contributed by atoms with E-state index < -0.39 is 0 Å². The maximum absolute atomic E-state index is 12.6. The quantitative estimate of drug-likeness (QED) is 0.501. The van der Waals surface area contributed by atoms with Crippen LogP contribution >= 0.6 is 22.9 Å². The molecule has 3 amide bonds. The van der Waals surface area contributed by atoms with Crippen LogP contribution in [0.2, 0.25) is 5.02 Å². The monoisotopic (exact) mass is 427 g/mol. The summed E-state index contributed by atoms with van der Waals surface area (Å²) in [5.41, 5.74) is 1.80. The van der Waals surface area contributed by atoms with Crippen molar-refractivity contribution in [1.29, 1.82) is 0 Å². The molecule has 0 spiro atoms. The fraction of sp³-hybridized carbons (Fsp3) is 0.0952. The highest BCUT2D eigenvalue weighted by Crippen LogP contribution is 2.25. The van der Waals surface area contributed by atoms with Gasteiger partial charge in [-0.15, -0.1) is 11.3 Å². The molecule has 0 saturated carbocycles. The van der Waals surface area contributed by atoms with E-state index in [2.05, 4.69) is 16.0 Å². The van der Waals surface area contributed by atoms with Crippen LogP contribution in [-0.2, 0) is 4.79 Å². The zero-order valence-corrected chi connectivity index (χ0v) is 17.1. The van der Waals surface area contributed by atoms with Crippen LogP contribution in [0.15, 0.2) is 60.0 Å². The molecule has 2 aromatic carbocycles. The lowest BCUT2D eigenvalue weighted by atomic mass is 10.1. The van der Waals surface area contributed by atoms with Gasteiger partial charge in [0.15, 0.2) is 0 Å². The summed E-state index contributed by atoms with van der Waals surface area (Å²) in [4.78, 5) is 37.0. The summed E-state index contributed by atoms with van der Waals surface area (Å²) in [5.74, 6) is -0.775. The number of carbonyl (C=O) groups is 3. The molecule has 8 heteroatoms. The topological polar surface area (TPSA) is 87.3 Å². The highest BCUT2D eigenvalue weighted by atomic mass is 35.5. The third kappa shape index (κ3) is 5.43. The van der Waals surface area contributed by atoms with Gasteiger partial charge >= 0.3 is 0 Å². The zero-order chi connectivity index (χ0) is 20.8. The van der Waals surface area contributed by atoms with Crippen LogP contribution < -0.4 is 16.0 Å².